The molecule has 2 saturated heterocycles. The van der Waals surface area contributed by atoms with E-state index in [-0.39, 0.29) is 30.2 Å². The molecule has 1 N–H and O–H groups in total. The first-order valence-electron chi connectivity index (χ1n) is 12.2. The second-order valence-electron chi connectivity index (χ2n) is 9.67. The first kappa shape index (κ1) is 25.6. The molecule has 0 spiro atoms. The van der Waals surface area contributed by atoms with Gasteiger partial charge in [0, 0.05) is 68.8 Å². The third-order valence-corrected chi connectivity index (χ3v) is 8.71. The van der Waals surface area contributed by atoms with E-state index in [0.29, 0.717) is 39.3 Å². The van der Waals surface area contributed by atoms with E-state index in [1.54, 1.807) is 0 Å². The third kappa shape index (κ3) is 5.91. The third-order valence-electron chi connectivity index (χ3n) is 7.10. The van der Waals surface area contributed by atoms with Crippen LogP contribution < -0.4 is 9.80 Å². The zero-order chi connectivity index (χ0) is 26.0. The van der Waals surface area contributed by atoms with Crippen molar-refractivity contribution in [2.45, 2.75) is 12.1 Å². The van der Waals surface area contributed by atoms with Crippen LogP contribution >= 0.6 is 0 Å². The largest absolute Gasteiger partial charge is 0.382 e. The molecular formula is C25H30F2N6O3S. The van der Waals surface area contributed by atoms with Gasteiger partial charge in [-0.2, -0.15) is 5.10 Å². The first-order valence-corrected chi connectivity index (χ1v) is 14.1. The van der Waals surface area contributed by atoms with Crippen molar-refractivity contribution in [1.82, 2.24) is 19.7 Å². The number of benzene rings is 2. The standard InChI is InChI=1S/C25H30F2N6O3S/c26-20-1-6-23(24(27)15-20)25(34,17-33-19-28-18-29-33)16-30-7-9-31(10-8-30)21-2-4-22(5-3-21)32-11-13-37(35,36)14-12-32/h1-6,15,18-19,34H,7-14,16-17H2. The van der Waals surface area contributed by atoms with Crippen molar-refractivity contribution in [3.05, 3.63) is 72.3 Å². The average Bonchev–Trinajstić information content (AvgIpc) is 3.37. The molecule has 1 aromatic heterocycles. The maximum absolute atomic E-state index is 14.7. The zero-order valence-electron chi connectivity index (χ0n) is 20.4. The second-order valence-corrected chi connectivity index (χ2v) is 12.0. The highest BCUT2D eigenvalue weighted by atomic mass is 32.2. The summed E-state index contributed by atoms with van der Waals surface area (Å²) in [5.41, 5.74) is 0.470. The van der Waals surface area contributed by atoms with Crippen molar-refractivity contribution < 1.29 is 22.3 Å². The molecule has 198 valence electrons. The lowest BCUT2D eigenvalue weighted by Gasteiger charge is -2.40. The number of aliphatic hydroxyl groups is 1. The summed E-state index contributed by atoms with van der Waals surface area (Å²) in [7, 11) is -2.92. The maximum Gasteiger partial charge on any atom is 0.153 e. The predicted octanol–water partition coefficient (Wildman–Crippen LogP) is 1.50. The van der Waals surface area contributed by atoms with E-state index in [1.807, 2.05) is 24.3 Å². The normalized spacial score (nSPS) is 20.1. The molecule has 2 fully saturated rings. The van der Waals surface area contributed by atoms with Crippen molar-refractivity contribution in [3.63, 3.8) is 0 Å². The molecule has 0 radical (unpaired) electrons. The van der Waals surface area contributed by atoms with Gasteiger partial charge in [-0.05, 0) is 30.3 Å². The van der Waals surface area contributed by atoms with Gasteiger partial charge in [-0.15, -0.1) is 0 Å². The van der Waals surface area contributed by atoms with Crippen molar-refractivity contribution in [2.75, 3.05) is 67.1 Å². The van der Waals surface area contributed by atoms with Crippen molar-refractivity contribution in [2.24, 2.45) is 0 Å². The van der Waals surface area contributed by atoms with Crippen LogP contribution in [0.5, 0.6) is 0 Å². The summed E-state index contributed by atoms with van der Waals surface area (Å²) in [6, 6.07) is 11.4. The fourth-order valence-electron chi connectivity index (χ4n) is 5.05. The van der Waals surface area contributed by atoms with Gasteiger partial charge >= 0.3 is 0 Å². The van der Waals surface area contributed by atoms with Gasteiger partial charge in [-0.3, -0.25) is 4.90 Å². The summed E-state index contributed by atoms with van der Waals surface area (Å²) in [5.74, 6) is -1.13. The second kappa shape index (κ2) is 10.3. The molecule has 3 aromatic rings. The number of sulfone groups is 1. The van der Waals surface area contributed by atoms with Crippen molar-refractivity contribution in [1.29, 1.82) is 0 Å². The van der Waals surface area contributed by atoms with Crippen LogP contribution in [0, 0.1) is 11.6 Å². The molecule has 9 nitrogen and oxygen atoms in total. The number of halogens is 2. The van der Waals surface area contributed by atoms with Crippen LogP contribution in [0.15, 0.2) is 55.1 Å². The number of anilines is 2. The zero-order valence-corrected chi connectivity index (χ0v) is 21.2. The molecule has 2 aliphatic rings. The lowest BCUT2D eigenvalue weighted by Crippen LogP contribution is -2.52. The van der Waals surface area contributed by atoms with Crippen LogP contribution in [0.2, 0.25) is 0 Å². The fourth-order valence-corrected chi connectivity index (χ4v) is 6.25. The minimum Gasteiger partial charge on any atom is -0.382 e. The molecule has 1 unspecified atom stereocenters. The molecule has 0 aliphatic carbocycles. The Hall–Kier alpha value is -3.09. The molecular weight excluding hydrogens is 502 g/mol. The van der Waals surface area contributed by atoms with Gasteiger partial charge < -0.3 is 14.9 Å². The highest BCUT2D eigenvalue weighted by Crippen LogP contribution is 2.29. The van der Waals surface area contributed by atoms with Crippen LogP contribution in [-0.4, -0.2) is 90.5 Å². The Morgan fingerprint density at radius 3 is 2.05 bits per heavy atom. The number of β-amino-alcohol motifs (C(OH)–C–C–N with tert-alkyl or cyclic N) is 1. The van der Waals surface area contributed by atoms with Gasteiger partial charge in [0.25, 0.3) is 0 Å². The number of aromatic nitrogens is 3. The van der Waals surface area contributed by atoms with Gasteiger partial charge in [0.05, 0.1) is 18.1 Å². The first-order chi connectivity index (χ1) is 17.7. The van der Waals surface area contributed by atoms with Crippen LogP contribution in [0.3, 0.4) is 0 Å². The van der Waals surface area contributed by atoms with Crippen molar-refractivity contribution >= 4 is 21.2 Å². The predicted molar refractivity (Wildman–Crippen MR) is 136 cm³/mol. The average molecular weight is 533 g/mol. The number of hydrogen-bond acceptors (Lipinski definition) is 8. The summed E-state index contributed by atoms with van der Waals surface area (Å²) >= 11 is 0. The molecule has 0 bridgehead atoms. The highest BCUT2D eigenvalue weighted by molar-refractivity contribution is 7.91. The summed E-state index contributed by atoms with van der Waals surface area (Å²) in [6.07, 6.45) is 2.80. The van der Waals surface area contributed by atoms with Crippen molar-refractivity contribution in [3.8, 4) is 0 Å². The lowest BCUT2D eigenvalue weighted by molar-refractivity contribution is -0.0227. The van der Waals surface area contributed by atoms with E-state index < -0.39 is 27.1 Å². The van der Waals surface area contributed by atoms with Crippen LogP contribution in [0.4, 0.5) is 20.2 Å². The van der Waals surface area contributed by atoms with Gasteiger partial charge in [0.15, 0.2) is 9.84 Å². The Bertz CT molecular complexity index is 1300. The smallest absolute Gasteiger partial charge is 0.153 e. The minimum absolute atomic E-state index is 0.0188. The number of nitrogens with zero attached hydrogens (tertiary/aromatic N) is 6. The summed E-state index contributed by atoms with van der Waals surface area (Å²) in [5, 5.41) is 15.7. The number of hydrogen-bond donors (Lipinski definition) is 1. The Balaban J connectivity index is 1.23. The Labute approximate surface area is 214 Å². The van der Waals surface area contributed by atoms with E-state index in [0.717, 1.165) is 23.5 Å². The monoisotopic (exact) mass is 532 g/mol. The van der Waals surface area contributed by atoms with Gasteiger partial charge in [0.2, 0.25) is 0 Å². The van der Waals surface area contributed by atoms with E-state index in [9.17, 15) is 22.3 Å². The SMILES string of the molecule is O=S1(=O)CCN(c2ccc(N3CCN(CC(O)(Cn4cncn4)c4ccc(F)cc4F)CC3)cc2)CC1. The molecule has 0 saturated carbocycles. The van der Waals surface area contributed by atoms with Gasteiger partial charge in [-0.1, -0.05) is 6.07 Å². The Kier molecular flexibility index (Phi) is 7.15. The van der Waals surface area contributed by atoms with Crippen LogP contribution in [0.25, 0.3) is 0 Å². The van der Waals surface area contributed by atoms with E-state index >= 15 is 0 Å². The molecule has 2 aromatic carbocycles. The Morgan fingerprint density at radius 2 is 1.49 bits per heavy atom. The molecule has 1 atom stereocenters. The van der Waals surface area contributed by atoms with E-state index in [1.165, 1.54) is 23.4 Å². The highest BCUT2D eigenvalue weighted by Gasteiger charge is 2.36. The van der Waals surface area contributed by atoms with E-state index in [4.69, 9.17) is 0 Å². The molecule has 0 amide bonds. The number of rotatable bonds is 7. The molecule has 2 aliphatic heterocycles. The Morgan fingerprint density at radius 1 is 0.865 bits per heavy atom. The molecule has 12 heteroatoms. The van der Waals surface area contributed by atoms with Crippen LogP contribution in [0.1, 0.15) is 5.56 Å². The lowest BCUT2D eigenvalue weighted by atomic mass is 9.92. The quantitative estimate of drug-likeness (QED) is 0.490. The van der Waals surface area contributed by atoms with Crippen LogP contribution in [-0.2, 0) is 22.0 Å². The van der Waals surface area contributed by atoms with Gasteiger partial charge in [-0.25, -0.2) is 26.9 Å². The molecule has 5 rings (SSSR count). The molecule has 3 heterocycles. The summed E-state index contributed by atoms with van der Waals surface area (Å²) in [6.45, 7) is 3.87. The fraction of sp³-hybridized carbons (Fsp3) is 0.440. The molecule has 37 heavy (non-hydrogen) atoms. The van der Waals surface area contributed by atoms with Gasteiger partial charge in [0.1, 0.15) is 29.9 Å². The number of piperazine rings is 1. The maximum atomic E-state index is 14.7. The summed E-state index contributed by atoms with van der Waals surface area (Å²) < 4.78 is 53.1. The van der Waals surface area contributed by atoms with E-state index in [2.05, 4.69) is 24.8 Å². The minimum atomic E-state index is -2.92. The topological polar surface area (TPSA) is 94.8 Å². The summed E-state index contributed by atoms with van der Waals surface area (Å²) in [4.78, 5) is 10.3.